The van der Waals surface area contributed by atoms with E-state index in [0.29, 0.717) is 6.54 Å². The Morgan fingerprint density at radius 3 is 2.89 bits per heavy atom. The van der Waals surface area contributed by atoms with Crippen molar-refractivity contribution in [3.8, 4) is 0 Å². The summed E-state index contributed by atoms with van der Waals surface area (Å²) in [5, 5.41) is 17.4. The van der Waals surface area contributed by atoms with Crippen molar-refractivity contribution in [3.63, 3.8) is 0 Å². The van der Waals surface area contributed by atoms with Gasteiger partial charge in [-0.25, -0.2) is 9.97 Å². The molecule has 0 bridgehead atoms. The Balaban J connectivity index is 1.76. The molecular weight excluding hydrogens is 278 g/mol. The van der Waals surface area contributed by atoms with E-state index in [9.17, 15) is 5.11 Å². The third kappa shape index (κ3) is 2.47. The number of thiophene rings is 2. The lowest BCUT2D eigenvalue weighted by atomic mass is 10.2. The summed E-state index contributed by atoms with van der Waals surface area (Å²) in [7, 11) is 0. The summed E-state index contributed by atoms with van der Waals surface area (Å²) in [4.78, 5) is 9.43. The molecule has 2 N–H and O–H groups in total. The van der Waals surface area contributed by atoms with Crippen LogP contribution in [0.2, 0.25) is 0 Å². The summed E-state index contributed by atoms with van der Waals surface area (Å²) in [6, 6.07) is 3.98. The van der Waals surface area contributed by atoms with Crippen LogP contribution in [0.1, 0.15) is 16.5 Å². The Morgan fingerprint density at radius 1 is 1.26 bits per heavy atom. The Hall–Kier alpha value is -1.50. The second kappa shape index (κ2) is 5.24. The highest BCUT2D eigenvalue weighted by Gasteiger charge is 2.13. The molecule has 0 saturated heterocycles. The molecule has 0 fully saturated rings. The molecular formula is C13H13N3OS2. The predicted octanol–water partition coefficient (Wildman–Crippen LogP) is 3.21. The van der Waals surface area contributed by atoms with Gasteiger partial charge in [0, 0.05) is 11.4 Å². The molecule has 0 spiro atoms. The van der Waals surface area contributed by atoms with Crippen molar-refractivity contribution in [2.75, 3.05) is 11.9 Å². The van der Waals surface area contributed by atoms with Crippen LogP contribution in [0.25, 0.3) is 10.2 Å². The summed E-state index contributed by atoms with van der Waals surface area (Å²) >= 11 is 3.18. The van der Waals surface area contributed by atoms with Crippen molar-refractivity contribution in [1.82, 2.24) is 9.97 Å². The van der Waals surface area contributed by atoms with Crippen molar-refractivity contribution < 1.29 is 5.11 Å². The van der Waals surface area contributed by atoms with Gasteiger partial charge in [0.2, 0.25) is 0 Å². The molecule has 0 radical (unpaired) electrons. The van der Waals surface area contributed by atoms with Gasteiger partial charge in [-0.05, 0) is 35.4 Å². The lowest BCUT2D eigenvalue weighted by molar-refractivity contribution is 0.195. The molecule has 3 aromatic rings. The molecule has 19 heavy (non-hydrogen) atoms. The average molecular weight is 291 g/mol. The quantitative estimate of drug-likeness (QED) is 0.775. The molecule has 0 aliphatic heterocycles. The van der Waals surface area contributed by atoms with Crippen molar-refractivity contribution in [3.05, 3.63) is 39.7 Å². The third-order valence-corrected chi connectivity index (χ3v) is 4.94. The highest BCUT2D eigenvalue weighted by Crippen LogP contribution is 2.27. The van der Waals surface area contributed by atoms with Crippen molar-refractivity contribution in [1.29, 1.82) is 0 Å². The standard InChI is InChI=1S/C13H13N3OS2/c1-8-2-4-18-11(8)10(17)6-14-13-12-9(3-5-19-12)15-7-16-13/h2-5,7,10,17H,6H2,1H3,(H,14,15,16). The summed E-state index contributed by atoms with van der Waals surface area (Å²) in [5.41, 5.74) is 2.06. The number of nitrogens with zero attached hydrogens (tertiary/aromatic N) is 2. The van der Waals surface area contributed by atoms with E-state index in [0.717, 1.165) is 26.5 Å². The Bertz CT molecular complexity index is 692. The number of hydrogen-bond donors (Lipinski definition) is 2. The third-order valence-electron chi connectivity index (χ3n) is 2.91. The van der Waals surface area contributed by atoms with Crippen LogP contribution in [0.5, 0.6) is 0 Å². The van der Waals surface area contributed by atoms with Gasteiger partial charge >= 0.3 is 0 Å². The van der Waals surface area contributed by atoms with Crippen LogP contribution < -0.4 is 5.32 Å². The number of anilines is 1. The van der Waals surface area contributed by atoms with Crippen molar-refractivity contribution in [2.24, 2.45) is 0 Å². The molecule has 6 heteroatoms. The van der Waals surface area contributed by atoms with Crippen LogP contribution >= 0.6 is 22.7 Å². The molecule has 1 atom stereocenters. The lowest BCUT2D eigenvalue weighted by Crippen LogP contribution is -2.12. The number of aliphatic hydroxyl groups excluding tert-OH is 1. The van der Waals surface area contributed by atoms with Gasteiger partial charge in [0.15, 0.2) is 0 Å². The van der Waals surface area contributed by atoms with Crippen LogP contribution in [-0.4, -0.2) is 21.6 Å². The molecule has 0 aliphatic carbocycles. The average Bonchev–Trinajstić information content (AvgIpc) is 3.04. The first-order valence-corrected chi connectivity index (χ1v) is 7.66. The van der Waals surface area contributed by atoms with Crippen LogP contribution in [0.15, 0.2) is 29.2 Å². The van der Waals surface area contributed by atoms with E-state index in [1.807, 2.05) is 29.8 Å². The van der Waals surface area contributed by atoms with Gasteiger partial charge < -0.3 is 10.4 Å². The lowest BCUT2D eigenvalue weighted by Gasteiger charge is -2.12. The largest absolute Gasteiger partial charge is 0.386 e. The van der Waals surface area contributed by atoms with E-state index in [1.165, 1.54) is 0 Å². The summed E-state index contributed by atoms with van der Waals surface area (Å²) in [5.74, 6) is 0.785. The van der Waals surface area contributed by atoms with Crippen LogP contribution in [0.3, 0.4) is 0 Å². The molecule has 1 unspecified atom stereocenters. The number of hydrogen-bond acceptors (Lipinski definition) is 6. The van der Waals surface area contributed by atoms with Crippen LogP contribution in [0.4, 0.5) is 5.82 Å². The number of rotatable bonds is 4. The molecule has 3 rings (SSSR count). The first-order chi connectivity index (χ1) is 9.25. The van der Waals surface area contributed by atoms with E-state index in [1.54, 1.807) is 29.0 Å². The molecule has 0 aliphatic rings. The van der Waals surface area contributed by atoms with Crippen LogP contribution in [-0.2, 0) is 0 Å². The zero-order valence-electron chi connectivity index (χ0n) is 10.3. The highest BCUT2D eigenvalue weighted by atomic mass is 32.1. The fourth-order valence-electron chi connectivity index (χ4n) is 1.93. The molecule has 0 aromatic carbocycles. The minimum absolute atomic E-state index is 0.450. The van der Waals surface area contributed by atoms with E-state index in [2.05, 4.69) is 15.3 Å². The van der Waals surface area contributed by atoms with Crippen molar-refractivity contribution >= 4 is 38.7 Å². The predicted molar refractivity (Wildman–Crippen MR) is 79.9 cm³/mol. The maximum Gasteiger partial charge on any atom is 0.147 e. The zero-order valence-corrected chi connectivity index (χ0v) is 12.0. The zero-order chi connectivity index (χ0) is 13.2. The Kier molecular flexibility index (Phi) is 3.46. The summed E-state index contributed by atoms with van der Waals surface area (Å²) < 4.78 is 1.03. The molecule has 0 saturated carbocycles. The fraction of sp³-hybridized carbons (Fsp3) is 0.231. The smallest absolute Gasteiger partial charge is 0.147 e. The van der Waals surface area contributed by atoms with E-state index >= 15 is 0 Å². The van der Waals surface area contributed by atoms with Gasteiger partial charge in [-0.3, -0.25) is 0 Å². The van der Waals surface area contributed by atoms with Gasteiger partial charge in [0.1, 0.15) is 18.2 Å². The fourth-order valence-corrected chi connectivity index (χ4v) is 3.65. The Labute approximate surface area is 118 Å². The minimum atomic E-state index is -0.509. The van der Waals surface area contributed by atoms with Gasteiger partial charge in [-0.2, -0.15) is 0 Å². The van der Waals surface area contributed by atoms with Gasteiger partial charge in [0.25, 0.3) is 0 Å². The number of aryl methyl sites for hydroxylation is 1. The Morgan fingerprint density at radius 2 is 2.11 bits per heavy atom. The number of aromatic nitrogens is 2. The second-order valence-corrected chi connectivity index (χ2v) is 6.09. The first-order valence-electron chi connectivity index (χ1n) is 5.90. The van der Waals surface area contributed by atoms with E-state index in [-0.39, 0.29) is 0 Å². The number of fused-ring (bicyclic) bond motifs is 1. The first kappa shape index (κ1) is 12.5. The normalized spacial score (nSPS) is 12.7. The van der Waals surface area contributed by atoms with Gasteiger partial charge in [0.05, 0.1) is 10.2 Å². The number of aliphatic hydroxyl groups is 1. The summed E-state index contributed by atoms with van der Waals surface area (Å²) in [6.45, 7) is 2.46. The minimum Gasteiger partial charge on any atom is -0.386 e. The highest BCUT2D eigenvalue weighted by molar-refractivity contribution is 7.17. The molecule has 3 heterocycles. The maximum atomic E-state index is 10.2. The van der Waals surface area contributed by atoms with E-state index < -0.39 is 6.10 Å². The van der Waals surface area contributed by atoms with Gasteiger partial charge in [-0.1, -0.05) is 0 Å². The van der Waals surface area contributed by atoms with Gasteiger partial charge in [-0.15, -0.1) is 22.7 Å². The SMILES string of the molecule is Cc1ccsc1C(O)CNc1ncnc2ccsc12. The molecule has 4 nitrogen and oxygen atoms in total. The van der Waals surface area contributed by atoms with Crippen LogP contribution in [0, 0.1) is 6.92 Å². The molecule has 98 valence electrons. The topological polar surface area (TPSA) is 58.0 Å². The summed E-state index contributed by atoms with van der Waals surface area (Å²) in [6.07, 6.45) is 1.03. The second-order valence-electron chi connectivity index (χ2n) is 4.22. The molecule has 3 aromatic heterocycles. The maximum absolute atomic E-state index is 10.2. The van der Waals surface area contributed by atoms with Crippen molar-refractivity contribution in [2.45, 2.75) is 13.0 Å². The number of nitrogens with one attached hydrogen (secondary N) is 1. The monoisotopic (exact) mass is 291 g/mol. The molecule has 0 amide bonds. The van der Waals surface area contributed by atoms with E-state index in [4.69, 9.17) is 0 Å².